The second-order valence-electron chi connectivity index (χ2n) is 6.60. The Morgan fingerprint density at radius 1 is 1.08 bits per heavy atom. The lowest BCUT2D eigenvalue weighted by atomic mass is 10.1. The third-order valence-electron chi connectivity index (χ3n) is 4.99. The molecule has 1 fully saturated rings. The molecule has 1 aliphatic rings. The number of likely N-dealkylation sites (tertiary alicyclic amines) is 1. The number of piperidine rings is 1. The van der Waals surface area contributed by atoms with Crippen molar-refractivity contribution in [3.05, 3.63) is 40.3 Å². The molecule has 1 aromatic carbocycles. The van der Waals surface area contributed by atoms with Gasteiger partial charge in [0.25, 0.3) is 0 Å². The number of nitrogens with zero attached hydrogens (tertiary/aromatic N) is 4. The molecule has 3 aromatic rings. The van der Waals surface area contributed by atoms with Crippen LogP contribution < -0.4 is 5.56 Å². The van der Waals surface area contributed by atoms with Crippen molar-refractivity contribution in [2.24, 2.45) is 0 Å². The summed E-state index contributed by atoms with van der Waals surface area (Å²) >= 11 is 0. The highest BCUT2D eigenvalue weighted by molar-refractivity contribution is 5.90. The molecule has 0 bridgehead atoms. The van der Waals surface area contributed by atoms with Gasteiger partial charge in [-0.2, -0.15) is 0 Å². The lowest BCUT2D eigenvalue weighted by Crippen LogP contribution is -2.32. The molecule has 0 unspecified atom stereocenters. The summed E-state index contributed by atoms with van der Waals surface area (Å²) < 4.78 is 3.14. The van der Waals surface area contributed by atoms with E-state index in [0.29, 0.717) is 12.1 Å². The van der Waals surface area contributed by atoms with Crippen LogP contribution in [0, 0.1) is 0 Å². The number of hydrogen-bond acceptors (Lipinski definition) is 5. The van der Waals surface area contributed by atoms with Crippen molar-refractivity contribution in [3.63, 3.8) is 0 Å². The number of aromatic nitrogens is 3. The minimum absolute atomic E-state index is 0.239. The molecule has 0 aliphatic carbocycles. The molecule has 0 saturated carbocycles. The quantitative estimate of drug-likeness (QED) is 0.735. The van der Waals surface area contributed by atoms with Crippen LogP contribution in [0.5, 0.6) is 5.75 Å². The van der Waals surface area contributed by atoms with Crippen LogP contribution in [-0.4, -0.2) is 54.7 Å². The van der Waals surface area contributed by atoms with Gasteiger partial charge in [0.15, 0.2) is 5.69 Å². The van der Waals surface area contributed by atoms with E-state index in [4.69, 9.17) is 0 Å². The van der Waals surface area contributed by atoms with Gasteiger partial charge in [0, 0.05) is 13.1 Å². The first kappa shape index (κ1) is 16.6. The fourth-order valence-electron chi connectivity index (χ4n) is 3.68. The van der Waals surface area contributed by atoms with Gasteiger partial charge in [0.05, 0.1) is 11.0 Å². The van der Waals surface area contributed by atoms with Gasteiger partial charge < -0.3 is 19.7 Å². The number of carbonyl (C=O) groups is 1. The summed E-state index contributed by atoms with van der Waals surface area (Å²) in [5, 5.41) is 19.2. The number of benzene rings is 1. The summed E-state index contributed by atoms with van der Waals surface area (Å²) in [6.45, 7) is 3.48. The van der Waals surface area contributed by atoms with Crippen molar-refractivity contribution in [2.45, 2.75) is 25.8 Å². The third kappa shape index (κ3) is 2.62. The van der Waals surface area contributed by atoms with Crippen LogP contribution in [0.4, 0.5) is 0 Å². The van der Waals surface area contributed by atoms with Crippen molar-refractivity contribution in [1.29, 1.82) is 0 Å². The van der Waals surface area contributed by atoms with Crippen molar-refractivity contribution in [3.8, 4) is 5.75 Å². The van der Waals surface area contributed by atoms with Crippen LogP contribution in [-0.2, 0) is 6.54 Å². The monoisotopic (exact) mass is 356 g/mol. The highest BCUT2D eigenvalue weighted by Gasteiger charge is 2.22. The van der Waals surface area contributed by atoms with Crippen molar-refractivity contribution < 1.29 is 15.0 Å². The van der Waals surface area contributed by atoms with Crippen LogP contribution in [0.15, 0.2) is 29.1 Å². The maximum absolute atomic E-state index is 12.6. The molecule has 1 aliphatic heterocycles. The predicted molar refractivity (Wildman–Crippen MR) is 95.9 cm³/mol. The van der Waals surface area contributed by atoms with Crippen LogP contribution in [0.3, 0.4) is 0 Å². The van der Waals surface area contributed by atoms with E-state index < -0.39 is 23.0 Å². The Balaban J connectivity index is 1.88. The van der Waals surface area contributed by atoms with Crippen LogP contribution >= 0.6 is 0 Å². The minimum atomic E-state index is -1.42. The number of hydrogen-bond donors (Lipinski definition) is 2. The Morgan fingerprint density at radius 2 is 1.77 bits per heavy atom. The number of imidazole rings is 1. The Morgan fingerprint density at radius 3 is 2.46 bits per heavy atom. The molecule has 8 nitrogen and oxygen atoms in total. The maximum atomic E-state index is 12.6. The Hall–Kier alpha value is -2.87. The second kappa shape index (κ2) is 6.45. The van der Waals surface area contributed by atoms with Crippen LogP contribution in [0.1, 0.15) is 29.8 Å². The first-order chi connectivity index (χ1) is 12.6. The van der Waals surface area contributed by atoms with E-state index in [1.165, 1.54) is 23.7 Å². The van der Waals surface area contributed by atoms with Gasteiger partial charge >= 0.3 is 11.5 Å². The molecular formula is C18H20N4O4. The average molecular weight is 356 g/mol. The zero-order valence-corrected chi connectivity index (χ0v) is 14.3. The fraction of sp³-hybridized carbons (Fsp3) is 0.389. The maximum Gasteiger partial charge on any atom is 0.358 e. The summed E-state index contributed by atoms with van der Waals surface area (Å²) in [7, 11) is 0. The first-order valence-electron chi connectivity index (χ1n) is 8.76. The van der Waals surface area contributed by atoms with E-state index in [1.54, 1.807) is 12.1 Å². The molecule has 4 rings (SSSR count). The standard InChI is InChI=1S/C18H20N4O4/c23-15-14(17(25)26)19-18-21(11-10-20-8-4-1-5-9-20)12-6-2-3-7-13(12)22(18)16(15)24/h2-3,6-7,23H,1,4-5,8-11H2,(H,25,26). The molecule has 0 spiro atoms. The predicted octanol–water partition coefficient (Wildman–Crippen LogP) is 1.54. The fourth-order valence-corrected chi connectivity index (χ4v) is 3.68. The van der Waals surface area contributed by atoms with E-state index in [9.17, 15) is 19.8 Å². The number of rotatable bonds is 4. The summed E-state index contributed by atoms with van der Waals surface area (Å²) in [5.74, 6) is -2.02. The van der Waals surface area contributed by atoms with Gasteiger partial charge in [0.2, 0.25) is 11.5 Å². The minimum Gasteiger partial charge on any atom is -0.501 e. The number of carboxylic acid groups (broad SMARTS) is 1. The molecule has 0 amide bonds. The van der Waals surface area contributed by atoms with E-state index in [2.05, 4.69) is 9.88 Å². The van der Waals surface area contributed by atoms with E-state index in [0.717, 1.165) is 25.2 Å². The topological polar surface area (TPSA) is 100 Å². The average Bonchev–Trinajstić information content (AvgIpc) is 2.97. The number of aromatic hydroxyl groups is 1. The van der Waals surface area contributed by atoms with Crippen molar-refractivity contribution in [2.75, 3.05) is 19.6 Å². The van der Waals surface area contributed by atoms with Crippen molar-refractivity contribution in [1.82, 2.24) is 18.9 Å². The lowest BCUT2D eigenvalue weighted by Gasteiger charge is -2.26. The Kier molecular flexibility index (Phi) is 4.12. The molecule has 1 saturated heterocycles. The highest BCUT2D eigenvalue weighted by atomic mass is 16.4. The SMILES string of the molecule is O=C(O)c1nc2n(CCN3CCCCC3)c3ccccc3n2c(=O)c1O. The molecule has 0 radical (unpaired) electrons. The summed E-state index contributed by atoms with van der Waals surface area (Å²) in [6.07, 6.45) is 3.62. The number of para-hydroxylation sites is 2. The molecular weight excluding hydrogens is 336 g/mol. The van der Waals surface area contributed by atoms with Gasteiger partial charge in [0.1, 0.15) is 0 Å². The molecule has 3 heterocycles. The van der Waals surface area contributed by atoms with Gasteiger partial charge in [-0.3, -0.25) is 4.79 Å². The summed E-state index contributed by atoms with van der Waals surface area (Å²) in [5.41, 5.74) is 0.0132. The number of fused-ring (bicyclic) bond motifs is 3. The number of aromatic carboxylic acids is 1. The molecule has 136 valence electrons. The lowest BCUT2D eigenvalue weighted by molar-refractivity contribution is 0.0686. The van der Waals surface area contributed by atoms with Gasteiger partial charge in [-0.05, 0) is 38.1 Å². The van der Waals surface area contributed by atoms with Crippen molar-refractivity contribution >= 4 is 22.8 Å². The third-order valence-corrected chi connectivity index (χ3v) is 4.99. The molecule has 2 aromatic heterocycles. The molecule has 8 heteroatoms. The smallest absolute Gasteiger partial charge is 0.358 e. The van der Waals surface area contributed by atoms with E-state index >= 15 is 0 Å². The van der Waals surface area contributed by atoms with E-state index in [1.807, 2.05) is 16.7 Å². The largest absolute Gasteiger partial charge is 0.501 e. The zero-order valence-electron chi connectivity index (χ0n) is 14.3. The Labute approximate surface area is 148 Å². The number of carboxylic acids is 1. The summed E-state index contributed by atoms with van der Waals surface area (Å²) in [4.78, 5) is 30.4. The Bertz CT molecular complexity index is 1050. The zero-order chi connectivity index (χ0) is 18.3. The van der Waals surface area contributed by atoms with Gasteiger partial charge in [-0.25, -0.2) is 14.2 Å². The first-order valence-corrected chi connectivity index (χ1v) is 8.76. The normalized spacial score (nSPS) is 15.7. The second-order valence-corrected chi connectivity index (χ2v) is 6.60. The van der Waals surface area contributed by atoms with Gasteiger partial charge in [-0.15, -0.1) is 0 Å². The highest BCUT2D eigenvalue weighted by Crippen LogP contribution is 2.21. The molecule has 2 N–H and O–H groups in total. The van der Waals surface area contributed by atoms with Gasteiger partial charge in [-0.1, -0.05) is 18.6 Å². The van der Waals surface area contributed by atoms with E-state index in [-0.39, 0.29) is 5.78 Å². The van der Waals surface area contributed by atoms with Crippen LogP contribution in [0.2, 0.25) is 0 Å². The van der Waals surface area contributed by atoms with Crippen LogP contribution in [0.25, 0.3) is 16.8 Å². The molecule has 0 atom stereocenters. The molecule has 26 heavy (non-hydrogen) atoms. The summed E-state index contributed by atoms with van der Waals surface area (Å²) in [6, 6.07) is 7.30.